The Bertz CT molecular complexity index is 679. The Hall–Kier alpha value is -1.88. The molecular formula is C21H28N2O3. The second-order valence-corrected chi connectivity index (χ2v) is 8.31. The fourth-order valence-electron chi connectivity index (χ4n) is 5.29. The van der Waals surface area contributed by atoms with Gasteiger partial charge >= 0.3 is 5.97 Å². The molecule has 0 aromatic heterocycles. The number of carbonyl (C=O) groups excluding carboxylic acids is 1. The van der Waals surface area contributed by atoms with E-state index in [0.717, 1.165) is 38.9 Å². The van der Waals surface area contributed by atoms with Crippen molar-refractivity contribution in [1.29, 1.82) is 0 Å². The Kier molecular flexibility index (Phi) is 4.74. The van der Waals surface area contributed by atoms with Crippen molar-refractivity contribution in [2.45, 2.75) is 32.7 Å². The number of benzene rings is 1. The fraction of sp³-hybridized carbons (Fsp3) is 0.619. The Morgan fingerprint density at radius 2 is 1.62 bits per heavy atom. The van der Waals surface area contributed by atoms with Crippen LogP contribution < -0.4 is 0 Å². The highest BCUT2D eigenvalue weighted by molar-refractivity contribution is 5.86. The first-order valence-electron chi connectivity index (χ1n) is 9.82. The van der Waals surface area contributed by atoms with Gasteiger partial charge in [-0.2, -0.15) is 0 Å². The summed E-state index contributed by atoms with van der Waals surface area (Å²) in [6.07, 6.45) is 2.94. The first-order valence-corrected chi connectivity index (χ1v) is 9.82. The van der Waals surface area contributed by atoms with Crippen LogP contribution in [0, 0.1) is 30.6 Å². The number of aryl methyl sites for hydroxylation is 1. The van der Waals surface area contributed by atoms with Crippen molar-refractivity contribution >= 4 is 11.9 Å². The molecule has 1 heterocycles. The van der Waals surface area contributed by atoms with E-state index in [1.54, 1.807) is 0 Å². The van der Waals surface area contributed by atoms with Crippen molar-refractivity contribution in [1.82, 2.24) is 9.80 Å². The van der Waals surface area contributed by atoms with Crippen molar-refractivity contribution in [3.8, 4) is 0 Å². The highest BCUT2D eigenvalue weighted by Crippen LogP contribution is 2.53. The van der Waals surface area contributed by atoms with Gasteiger partial charge in [0.25, 0.3) is 0 Å². The lowest BCUT2D eigenvalue weighted by Gasteiger charge is -2.38. The normalized spacial score (nSPS) is 31.3. The third kappa shape index (κ3) is 3.25. The third-order valence-corrected chi connectivity index (χ3v) is 6.70. The van der Waals surface area contributed by atoms with Crippen LogP contribution in [0.5, 0.6) is 0 Å². The number of carboxylic acid groups (broad SMARTS) is 1. The second kappa shape index (κ2) is 7.03. The van der Waals surface area contributed by atoms with Crippen LogP contribution in [0.15, 0.2) is 24.3 Å². The van der Waals surface area contributed by atoms with Crippen molar-refractivity contribution in [2.75, 3.05) is 26.2 Å². The maximum Gasteiger partial charge on any atom is 0.307 e. The summed E-state index contributed by atoms with van der Waals surface area (Å²) in [5.74, 6) is -0.900. The molecule has 0 radical (unpaired) electrons. The monoisotopic (exact) mass is 356 g/mol. The first kappa shape index (κ1) is 17.5. The number of amides is 1. The van der Waals surface area contributed by atoms with Crippen LogP contribution in [0.2, 0.25) is 0 Å². The summed E-state index contributed by atoms with van der Waals surface area (Å²) in [5, 5.41) is 9.60. The SMILES string of the molecule is Cc1ccc(CN2CCN(C(=O)[C@H]3[C@H]4CC[C@@H](C4)[C@H]3C(=O)O)CC2)cc1. The molecule has 2 aliphatic carbocycles. The molecule has 2 saturated carbocycles. The fourth-order valence-corrected chi connectivity index (χ4v) is 5.29. The predicted molar refractivity (Wildman–Crippen MR) is 98.5 cm³/mol. The molecule has 1 aromatic rings. The molecule has 5 heteroatoms. The molecule has 1 saturated heterocycles. The van der Waals surface area contributed by atoms with Crippen LogP contribution in [-0.2, 0) is 16.1 Å². The summed E-state index contributed by atoms with van der Waals surface area (Å²) in [6, 6.07) is 8.60. The lowest BCUT2D eigenvalue weighted by molar-refractivity contribution is -0.153. The molecule has 1 amide bonds. The van der Waals surface area contributed by atoms with Gasteiger partial charge in [0.15, 0.2) is 0 Å². The lowest BCUT2D eigenvalue weighted by atomic mass is 9.78. The van der Waals surface area contributed by atoms with Crippen LogP contribution >= 0.6 is 0 Å². The average Bonchev–Trinajstić information content (AvgIpc) is 3.25. The number of aliphatic carboxylic acids is 1. The zero-order chi connectivity index (χ0) is 18.3. The maximum absolute atomic E-state index is 13.1. The molecule has 2 bridgehead atoms. The smallest absolute Gasteiger partial charge is 0.307 e. The van der Waals surface area contributed by atoms with Gasteiger partial charge < -0.3 is 10.0 Å². The first-order chi connectivity index (χ1) is 12.5. The highest BCUT2D eigenvalue weighted by Gasteiger charge is 2.54. The Labute approximate surface area is 155 Å². The van der Waals surface area contributed by atoms with E-state index in [4.69, 9.17) is 0 Å². The van der Waals surface area contributed by atoms with Gasteiger partial charge in [0.2, 0.25) is 5.91 Å². The molecule has 1 aliphatic heterocycles. The molecule has 1 aromatic carbocycles. The molecule has 4 rings (SSSR count). The molecule has 4 atom stereocenters. The van der Waals surface area contributed by atoms with Crippen molar-refractivity contribution in [3.05, 3.63) is 35.4 Å². The van der Waals surface area contributed by atoms with Crippen LogP contribution in [-0.4, -0.2) is 53.0 Å². The number of fused-ring (bicyclic) bond motifs is 2. The standard InChI is InChI=1S/C21H28N2O3/c1-14-2-4-15(5-3-14)13-22-8-10-23(11-9-22)20(24)18-16-6-7-17(12-16)19(18)21(25)26/h2-5,16-19H,6-13H2,1H3,(H,25,26)/t16-,17-,18-,19+/m0/s1. The van der Waals surface area contributed by atoms with Crippen molar-refractivity contribution in [2.24, 2.45) is 23.7 Å². The van der Waals surface area contributed by atoms with Crippen molar-refractivity contribution < 1.29 is 14.7 Å². The van der Waals surface area contributed by atoms with Crippen LogP contribution in [0.1, 0.15) is 30.4 Å². The zero-order valence-corrected chi connectivity index (χ0v) is 15.4. The minimum absolute atomic E-state index is 0.0968. The summed E-state index contributed by atoms with van der Waals surface area (Å²) in [7, 11) is 0. The van der Waals surface area contributed by atoms with E-state index in [9.17, 15) is 14.7 Å². The van der Waals surface area contributed by atoms with Crippen LogP contribution in [0.3, 0.4) is 0 Å². The van der Waals surface area contributed by atoms with E-state index in [1.165, 1.54) is 11.1 Å². The Morgan fingerprint density at radius 1 is 1.00 bits per heavy atom. The summed E-state index contributed by atoms with van der Waals surface area (Å²) < 4.78 is 0. The number of carboxylic acids is 1. The summed E-state index contributed by atoms with van der Waals surface area (Å²) >= 11 is 0. The van der Waals surface area contributed by atoms with Crippen LogP contribution in [0.4, 0.5) is 0 Å². The van der Waals surface area contributed by atoms with Gasteiger partial charge in [-0.05, 0) is 43.6 Å². The van der Waals surface area contributed by atoms with Gasteiger partial charge in [0, 0.05) is 32.7 Å². The molecule has 5 nitrogen and oxygen atoms in total. The quantitative estimate of drug-likeness (QED) is 0.900. The number of hydrogen-bond donors (Lipinski definition) is 1. The van der Waals surface area contributed by atoms with E-state index in [2.05, 4.69) is 36.1 Å². The second-order valence-electron chi connectivity index (χ2n) is 8.31. The highest BCUT2D eigenvalue weighted by atomic mass is 16.4. The van der Waals surface area contributed by atoms with Crippen LogP contribution in [0.25, 0.3) is 0 Å². The van der Waals surface area contributed by atoms with E-state index < -0.39 is 11.9 Å². The Morgan fingerprint density at radius 3 is 2.23 bits per heavy atom. The lowest BCUT2D eigenvalue weighted by Crippen LogP contribution is -2.52. The summed E-state index contributed by atoms with van der Waals surface area (Å²) in [4.78, 5) is 29.0. The number of hydrogen-bond acceptors (Lipinski definition) is 3. The summed E-state index contributed by atoms with van der Waals surface area (Å²) in [5.41, 5.74) is 2.57. The molecule has 140 valence electrons. The minimum Gasteiger partial charge on any atom is -0.481 e. The topological polar surface area (TPSA) is 60.9 Å². The van der Waals surface area contributed by atoms with Gasteiger partial charge in [0.1, 0.15) is 0 Å². The van der Waals surface area contributed by atoms with Gasteiger partial charge in [-0.3, -0.25) is 14.5 Å². The van der Waals surface area contributed by atoms with E-state index in [1.807, 2.05) is 4.90 Å². The molecule has 3 fully saturated rings. The van der Waals surface area contributed by atoms with E-state index >= 15 is 0 Å². The van der Waals surface area contributed by atoms with E-state index in [-0.39, 0.29) is 17.7 Å². The van der Waals surface area contributed by atoms with Gasteiger partial charge in [-0.1, -0.05) is 29.8 Å². The van der Waals surface area contributed by atoms with Gasteiger partial charge in [0.05, 0.1) is 11.8 Å². The number of nitrogens with zero attached hydrogens (tertiary/aromatic N) is 2. The predicted octanol–water partition coefficient (Wildman–Crippen LogP) is 2.39. The largest absolute Gasteiger partial charge is 0.481 e. The molecule has 0 unspecified atom stereocenters. The van der Waals surface area contributed by atoms with Gasteiger partial charge in [-0.25, -0.2) is 0 Å². The van der Waals surface area contributed by atoms with Crippen molar-refractivity contribution in [3.63, 3.8) is 0 Å². The molecular weight excluding hydrogens is 328 g/mol. The number of rotatable bonds is 4. The number of carbonyl (C=O) groups is 2. The third-order valence-electron chi connectivity index (χ3n) is 6.70. The molecule has 3 aliphatic rings. The average molecular weight is 356 g/mol. The molecule has 1 N–H and O–H groups in total. The molecule has 26 heavy (non-hydrogen) atoms. The maximum atomic E-state index is 13.1. The van der Waals surface area contributed by atoms with Gasteiger partial charge in [-0.15, -0.1) is 0 Å². The molecule has 0 spiro atoms. The Balaban J connectivity index is 1.35. The number of piperazine rings is 1. The summed E-state index contributed by atoms with van der Waals surface area (Å²) in [6.45, 7) is 6.15. The zero-order valence-electron chi connectivity index (χ0n) is 15.4. The minimum atomic E-state index is -0.770. The van der Waals surface area contributed by atoms with E-state index in [0.29, 0.717) is 19.0 Å².